The highest BCUT2D eigenvalue weighted by atomic mass is 19.1. The predicted octanol–water partition coefficient (Wildman–Crippen LogP) is 2.90. The Morgan fingerprint density at radius 2 is 1.94 bits per heavy atom. The highest BCUT2D eigenvalue weighted by Gasteiger charge is 2.10. The van der Waals surface area contributed by atoms with Gasteiger partial charge in [0.15, 0.2) is 0 Å². The van der Waals surface area contributed by atoms with Crippen LogP contribution in [-0.2, 0) is 0 Å². The molecule has 0 aliphatic carbocycles. The number of hydrogen-bond donors (Lipinski definition) is 0. The van der Waals surface area contributed by atoms with E-state index >= 15 is 0 Å². The number of nitriles is 1. The van der Waals surface area contributed by atoms with E-state index in [-0.39, 0.29) is 5.56 Å². The van der Waals surface area contributed by atoms with Crippen molar-refractivity contribution in [1.29, 1.82) is 5.26 Å². The van der Waals surface area contributed by atoms with Gasteiger partial charge in [-0.15, -0.1) is 0 Å². The minimum Gasteiger partial charge on any atom is -0.264 e. The Morgan fingerprint density at radius 1 is 1.12 bits per heavy atom. The summed E-state index contributed by atoms with van der Waals surface area (Å²) in [6, 6.07) is 6.64. The van der Waals surface area contributed by atoms with Gasteiger partial charge in [0.1, 0.15) is 11.6 Å². The molecule has 78 valence electrons. The zero-order chi connectivity index (χ0) is 11.5. The van der Waals surface area contributed by atoms with Gasteiger partial charge in [-0.25, -0.2) is 8.78 Å². The molecule has 0 bridgehead atoms. The van der Waals surface area contributed by atoms with Gasteiger partial charge in [0, 0.05) is 29.6 Å². The number of rotatable bonds is 1. The first-order valence-electron chi connectivity index (χ1n) is 4.52. The fourth-order valence-electron chi connectivity index (χ4n) is 1.41. The summed E-state index contributed by atoms with van der Waals surface area (Å²) in [5.41, 5.74) is 0.842. The molecule has 0 atom stereocenters. The number of aromatic nitrogens is 1. The van der Waals surface area contributed by atoms with E-state index in [0.29, 0.717) is 11.1 Å². The molecule has 4 heteroatoms. The van der Waals surface area contributed by atoms with Crippen molar-refractivity contribution in [2.45, 2.75) is 0 Å². The van der Waals surface area contributed by atoms with Gasteiger partial charge in [-0.3, -0.25) is 4.98 Å². The molecule has 1 aromatic carbocycles. The molecule has 0 radical (unpaired) electrons. The van der Waals surface area contributed by atoms with Crippen molar-refractivity contribution < 1.29 is 8.78 Å². The molecule has 0 spiro atoms. The summed E-state index contributed by atoms with van der Waals surface area (Å²) in [7, 11) is 0. The van der Waals surface area contributed by atoms with Crippen molar-refractivity contribution in [1.82, 2.24) is 4.98 Å². The van der Waals surface area contributed by atoms with E-state index in [1.165, 1.54) is 24.5 Å². The first kappa shape index (κ1) is 10.2. The van der Waals surface area contributed by atoms with Crippen LogP contribution in [0, 0.1) is 23.0 Å². The summed E-state index contributed by atoms with van der Waals surface area (Å²) in [6.07, 6.45) is 2.83. The maximum Gasteiger partial charge on any atom is 0.134 e. The normalized spacial score (nSPS) is 9.81. The zero-order valence-electron chi connectivity index (χ0n) is 8.11. The molecule has 0 amide bonds. The fraction of sp³-hybridized carbons (Fsp3) is 0. The average Bonchev–Trinajstić information content (AvgIpc) is 2.29. The molecule has 0 aliphatic heterocycles. The number of hydrogen-bond acceptors (Lipinski definition) is 2. The van der Waals surface area contributed by atoms with Crippen LogP contribution in [0.15, 0.2) is 36.7 Å². The average molecular weight is 216 g/mol. The van der Waals surface area contributed by atoms with Crippen LogP contribution in [0.1, 0.15) is 5.56 Å². The van der Waals surface area contributed by atoms with E-state index in [2.05, 4.69) is 4.98 Å². The molecule has 0 saturated heterocycles. The van der Waals surface area contributed by atoms with Gasteiger partial charge in [0.25, 0.3) is 0 Å². The Kier molecular flexibility index (Phi) is 2.61. The second kappa shape index (κ2) is 4.07. The van der Waals surface area contributed by atoms with E-state index in [0.717, 1.165) is 12.1 Å². The number of benzene rings is 1. The molecule has 0 aliphatic rings. The molecular weight excluding hydrogens is 210 g/mol. The maximum absolute atomic E-state index is 13.5. The fourth-order valence-corrected chi connectivity index (χ4v) is 1.41. The van der Waals surface area contributed by atoms with Gasteiger partial charge in [-0.1, -0.05) is 0 Å². The third-order valence-electron chi connectivity index (χ3n) is 2.16. The van der Waals surface area contributed by atoms with E-state index < -0.39 is 11.6 Å². The van der Waals surface area contributed by atoms with Gasteiger partial charge in [0.2, 0.25) is 0 Å². The second-order valence-electron chi connectivity index (χ2n) is 3.16. The van der Waals surface area contributed by atoms with Crippen molar-refractivity contribution in [2.75, 3.05) is 0 Å². The predicted molar refractivity (Wildman–Crippen MR) is 54.3 cm³/mol. The molecule has 2 rings (SSSR count). The second-order valence-corrected chi connectivity index (χ2v) is 3.16. The van der Waals surface area contributed by atoms with Crippen LogP contribution in [-0.4, -0.2) is 4.98 Å². The van der Waals surface area contributed by atoms with Crippen molar-refractivity contribution in [3.8, 4) is 17.2 Å². The minimum absolute atomic E-state index is 0.172. The number of pyridine rings is 1. The smallest absolute Gasteiger partial charge is 0.134 e. The first-order chi connectivity index (χ1) is 7.72. The molecule has 16 heavy (non-hydrogen) atoms. The molecular formula is C12H6F2N2. The van der Waals surface area contributed by atoms with Crippen LogP contribution < -0.4 is 0 Å². The summed E-state index contributed by atoms with van der Waals surface area (Å²) in [5.74, 6) is -1.35. The van der Waals surface area contributed by atoms with Crippen LogP contribution in [0.2, 0.25) is 0 Å². The van der Waals surface area contributed by atoms with Crippen LogP contribution in [0.25, 0.3) is 11.1 Å². The topological polar surface area (TPSA) is 36.7 Å². The van der Waals surface area contributed by atoms with Crippen molar-refractivity contribution in [2.24, 2.45) is 0 Å². The van der Waals surface area contributed by atoms with Gasteiger partial charge in [-0.2, -0.15) is 5.26 Å². The van der Waals surface area contributed by atoms with Gasteiger partial charge < -0.3 is 0 Å². The van der Waals surface area contributed by atoms with Crippen LogP contribution >= 0.6 is 0 Å². The quantitative estimate of drug-likeness (QED) is 0.734. The molecule has 0 unspecified atom stereocenters. The summed E-state index contributed by atoms with van der Waals surface area (Å²) < 4.78 is 26.2. The van der Waals surface area contributed by atoms with E-state index in [1.54, 1.807) is 0 Å². The van der Waals surface area contributed by atoms with Crippen molar-refractivity contribution in [3.63, 3.8) is 0 Å². The Labute approximate surface area is 90.8 Å². The Balaban J connectivity index is 2.64. The third-order valence-corrected chi connectivity index (χ3v) is 2.16. The molecule has 0 fully saturated rings. The summed E-state index contributed by atoms with van der Waals surface area (Å²) in [4.78, 5) is 3.82. The van der Waals surface area contributed by atoms with Gasteiger partial charge >= 0.3 is 0 Å². The van der Waals surface area contributed by atoms with Crippen molar-refractivity contribution in [3.05, 3.63) is 53.9 Å². The molecule has 0 N–H and O–H groups in total. The maximum atomic E-state index is 13.5. The van der Waals surface area contributed by atoms with E-state index in [9.17, 15) is 8.78 Å². The minimum atomic E-state index is -0.704. The van der Waals surface area contributed by atoms with Crippen molar-refractivity contribution >= 4 is 0 Å². The summed E-state index contributed by atoms with van der Waals surface area (Å²) in [5, 5.41) is 8.85. The molecule has 0 saturated carbocycles. The number of halogens is 2. The van der Waals surface area contributed by atoms with Gasteiger partial charge in [0.05, 0.1) is 11.6 Å². The molecule has 2 nitrogen and oxygen atoms in total. The van der Waals surface area contributed by atoms with Crippen LogP contribution in [0.4, 0.5) is 8.78 Å². The summed E-state index contributed by atoms with van der Waals surface area (Å²) >= 11 is 0. The van der Waals surface area contributed by atoms with Crippen LogP contribution in [0.3, 0.4) is 0 Å². The third kappa shape index (κ3) is 1.75. The largest absolute Gasteiger partial charge is 0.264 e. The molecule has 1 aromatic heterocycles. The molecule has 2 aromatic rings. The SMILES string of the molecule is N#Cc1ccncc1-c1ccc(F)cc1F. The lowest BCUT2D eigenvalue weighted by Gasteiger charge is -2.04. The Bertz CT molecular complexity index is 573. The lowest BCUT2D eigenvalue weighted by atomic mass is 10.0. The van der Waals surface area contributed by atoms with E-state index in [4.69, 9.17) is 5.26 Å². The Hall–Kier alpha value is -2.28. The van der Waals surface area contributed by atoms with Gasteiger partial charge in [-0.05, 0) is 18.2 Å². The highest BCUT2D eigenvalue weighted by Crippen LogP contribution is 2.25. The standard InChI is InChI=1S/C12H6F2N2/c13-9-1-2-10(12(14)5-9)11-7-16-4-3-8(11)6-15/h1-5,7H. The summed E-state index contributed by atoms with van der Waals surface area (Å²) in [6.45, 7) is 0. The first-order valence-corrected chi connectivity index (χ1v) is 4.52. The lowest BCUT2D eigenvalue weighted by Crippen LogP contribution is -1.90. The zero-order valence-corrected chi connectivity index (χ0v) is 8.11. The highest BCUT2D eigenvalue weighted by molar-refractivity contribution is 5.69. The van der Waals surface area contributed by atoms with Crippen LogP contribution in [0.5, 0.6) is 0 Å². The number of nitrogens with zero attached hydrogens (tertiary/aromatic N) is 2. The Morgan fingerprint density at radius 3 is 2.62 bits per heavy atom. The molecule has 1 heterocycles. The van der Waals surface area contributed by atoms with E-state index in [1.807, 2.05) is 6.07 Å². The monoisotopic (exact) mass is 216 g/mol. The lowest BCUT2D eigenvalue weighted by molar-refractivity contribution is 0.585.